The van der Waals surface area contributed by atoms with Crippen molar-refractivity contribution in [3.63, 3.8) is 0 Å². The molecule has 2 heterocycles. The van der Waals surface area contributed by atoms with Crippen molar-refractivity contribution in [2.45, 2.75) is 26.3 Å². The molecule has 0 spiro atoms. The first kappa shape index (κ1) is 12.8. The summed E-state index contributed by atoms with van der Waals surface area (Å²) in [6.45, 7) is 4.24. The van der Waals surface area contributed by atoms with Gasteiger partial charge in [-0.15, -0.1) is 11.3 Å². The molecule has 0 amide bonds. The maximum absolute atomic E-state index is 11.5. The van der Waals surface area contributed by atoms with Crippen LogP contribution in [0.15, 0.2) is 29.9 Å². The Labute approximate surface area is 110 Å². The molecule has 1 unspecified atom stereocenters. The maximum Gasteiger partial charge on any atom is 0.307 e. The number of carbonyl (C=O) groups is 1. The third kappa shape index (κ3) is 2.79. The number of aromatic nitrogens is 2. The fourth-order valence-electron chi connectivity index (χ4n) is 1.82. The van der Waals surface area contributed by atoms with Crippen molar-refractivity contribution in [2.75, 3.05) is 6.61 Å². The van der Waals surface area contributed by atoms with Crippen LogP contribution >= 0.6 is 11.3 Å². The average Bonchev–Trinajstić information content (AvgIpc) is 3.00. The topological polar surface area (TPSA) is 44.1 Å². The molecule has 4 nitrogen and oxygen atoms in total. The van der Waals surface area contributed by atoms with E-state index in [1.807, 2.05) is 42.1 Å². The monoisotopic (exact) mass is 264 g/mol. The highest BCUT2D eigenvalue weighted by Gasteiger charge is 2.16. The maximum atomic E-state index is 11.5. The highest BCUT2D eigenvalue weighted by atomic mass is 32.1. The predicted molar refractivity (Wildman–Crippen MR) is 71.5 cm³/mol. The van der Waals surface area contributed by atoms with Crippen molar-refractivity contribution >= 4 is 17.3 Å². The van der Waals surface area contributed by atoms with E-state index in [1.165, 1.54) is 0 Å². The Kier molecular flexibility index (Phi) is 4.15. The Hall–Kier alpha value is -1.62. The Balaban J connectivity index is 2.14. The lowest BCUT2D eigenvalue weighted by Gasteiger charge is -2.14. The van der Waals surface area contributed by atoms with Crippen LogP contribution in [0.5, 0.6) is 0 Å². The van der Waals surface area contributed by atoms with E-state index in [0.717, 1.165) is 10.7 Å². The third-order valence-corrected chi connectivity index (χ3v) is 3.52. The van der Waals surface area contributed by atoms with Gasteiger partial charge >= 0.3 is 5.97 Å². The van der Waals surface area contributed by atoms with Crippen molar-refractivity contribution in [2.24, 2.45) is 0 Å². The number of esters is 1. The number of rotatable bonds is 5. The molecule has 5 heteroatoms. The quantitative estimate of drug-likeness (QED) is 0.779. The van der Waals surface area contributed by atoms with Crippen LogP contribution in [0.4, 0.5) is 0 Å². The van der Waals surface area contributed by atoms with Gasteiger partial charge < -0.3 is 9.30 Å². The number of ether oxygens (including phenoxy) is 1. The molecule has 18 heavy (non-hydrogen) atoms. The first-order valence-corrected chi connectivity index (χ1v) is 6.82. The van der Waals surface area contributed by atoms with Gasteiger partial charge in [-0.2, -0.15) is 0 Å². The van der Waals surface area contributed by atoms with Gasteiger partial charge in [0.05, 0.1) is 17.9 Å². The molecule has 0 saturated heterocycles. The largest absolute Gasteiger partial charge is 0.466 e. The number of nitrogens with zero attached hydrogens (tertiary/aromatic N) is 2. The van der Waals surface area contributed by atoms with Gasteiger partial charge in [-0.05, 0) is 25.3 Å². The first-order chi connectivity index (χ1) is 8.72. The molecule has 2 aromatic rings. The molecule has 0 bridgehead atoms. The van der Waals surface area contributed by atoms with Crippen LogP contribution < -0.4 is 0 Å². The molecule has 0 N–H and O–H groups in total. The highest BCUT2D eigenvalue weighted by molar-refractivity contribution is 7.13. The summed E-state index contributed by atoms with van der Waals surface area (Å²) >= 11 is 1.64. The van der Waals surface area contributed by atoms with Crippen molar-refractivity contribution in [1.29, 1.82) is 0 Å². The summed E-state index contributed by atoms with van der Waals surface area (Å²) in [6.07, 6.45) is 4.03. The van der Waals surface area contributed by atoms with E-state index in [4.69, 9.17) is 4.74 Å². The lowest BCUT2D eigenvalue weighted by atomic mass is 10.2. The number of thiophene rings is 1. The number of imidazole rings is 1. The summed E-state index contributed by atoms with van der Waals surface area (Å²) in [4.78, 5) is 17.0. The van der Waals surface area contributed by atoms with E-state index >= 15 is 0 Å². The standard InChI is InChI=1S/C13H16N2O2S/c1-3-17-12(16)9-10(2)15-7-6-14-13(15)11-5-4-8-18-11/h4-8,10H,3,9H2,1-2H3. The Morgan fingerprint density at radius 3 is 3.11 bits per heavy atom. The summed E-state index contributed by atoms with van der Waals surface area (Å²) in [6, 6.07) is 4.07. The predicted octanol–water partition coefficient (Wildman–Crippen LogP) is 3.13. The van der Waals surface area contributed by atoms with Gasteiger partial charge in [0.1, 0.15) is 5.82 Å². The first-order valence-electron chi connectivity index (χ1n) is 5.94. The zero-order valence-electron chi connectivity index (χ0n) is 10.5. The minimum Gasteiger partial charge on any atom is -0.466 e. The Morgan fingerprint density at radius 1 is 1.61 bits per heavy atom. The lowest BCUT2D eigenvalue weighted by molar-refractivity contribution is -0.143. The molecule has 96 valence electrons. The van der Waals surface area contributed by atoms with Crippen molar-refractivity contribution in [3.8, 4) is 10.7 Å². The van der Waals surface area contributed by atoms with Crippen molar-refractivity contribution in [3.05, 3.63) is 29.9 Å². The second-order valence-corrected chi connectivity index (χ2v) is 4.94. The summed E-state index contributed by atoms with van der Waals surface area (Å²) in [5.41, 5.74) is 0. The van der Waals surface area contributed by atoms with Gasteiger partial charge in [-0.25, -0.2) is 4.98 Å². The zero-order valence-corrected chi connectivity index (χ0v) is 11.3. The van der Waals surface area contributed by atoms with Gasteiger partial charge in [-0.3, -0.25) is 4.79 Å². The third-order valence-electron chi connectivity index (χ3n) is 2.65. The molecular formula is C13H16N2O2S. The van der Waals surface area contributed by atoms with Gasteiger partial charge in [0.15, 0.2) is 0 Å². The smallest absolute Gasteiger partial charge is 0.307 e. The molecule has 0 aliphatic heterocycles. The number of carbonyl (C=O) groups excluding carboxylic acids is 1. The second kappa shape index (κ2) is 5.82. The fourth-order valence-corrected chi connectivity index (χ4v) is 2.55. The van der Waals surface area contributed by atoms with Crippen molar-refractivity contribution < 1.29 is 9.53 Å². The molecule has 0 aromatic carbocycles. The average molecular weight is 264 g/mol. The van der Waals surface area contributed by atoms with Crippen molar-refractivity contribution in [1.82, 2.24) is 9.55 Å². The van der Waals surface area contributed by atoms with Crippen LogP contribution in [0.25, 0.3) is 10.7 Å². The number of hydrogen-bond donors (Lipinski definition) is 0. The van der Waals surface area contributed by atoms with Crippen LogP contribution in [0.3, 0.4) is 0 Å². The number of hydrogen-bond acceptors (Lipinski definition) is 4. The highest BCUT2D eigenvalue weighted by Crippen LogP contribution is 2.26. The molecule has 0 aliphatic rings. The summed E-state index contributed by atoms with van der Waals surface area (Å²) in [5.74, 6) is 0.734. The van der Waals surface area contributed by atoms with Gasteiger partial charge in [0, 0.05) is 18.4 Å². The molecule has 2 rings (SSSR count). The molecule has 0 saturated carbocycles. The van der Waals surface area contributed by atoms with Crippen LogP contribution in [0, 0.1) is 0 Å². The van der Waals surface area contributed by atoms with E-state index < -0.39 is 0 Å². The van der Waals surface area contributed by atoms with E-state index in [1.54, 1.807) is 17.5 Å². The molecule has 0 radical (unpaired) electrons. The van der Waals surface area contributed by atoms with Gasteiger partial charge in [-0.1, -0.05) is 6.07 Å². The molecule has 1 atom stereocenters. The minimum atomic E-state index is -0.171. The van der Waals surface area contributed by atoms with Crippen LogP contribution in [0.1, 0.15) is 26.3 Å². The fraction of sp³-hybridized carbons (Fsp3) is 0.385. The molecule has 2 aromatic heterocycles. The van der Waals surface area contributed by atoms with E-state index in [0.29, 0.717) is 13.0 Å². The molecule has 0 fully saturated rings. The molecular weight excluding hydrogens is 248 g/mol. The summed E-state index contributed by atoms with van der Waals surface area (Å²) in [5, 5.41) is 2.02. The van der Waals surface area contributed by atoms with Crippen LogP contribution in [-0.4, -0.2) is 22.1 Å². The summed E-state index contributed by atoms with van der Waals surface area (Å²) in [7, 11) is 0. The SMILES string of the molecule is CCOC(=O)CC(C)n1ccnc1-c1cccs1. The summed E-state index contributed by atoms with van der Waals surface area (Å²) < 4.78 is 6.99. The zero-order chi connectivity index (χ0) is 13.0. The van der Waals surface area contributed by atoms with E-state index in [-0.39, 0.29) is 12.0 Å². The van der Waals surface area contributed by atoms with Gasteiger partial charge in [0.2, 0.25) is 0 Å². The van der Waals surface area contributed by atoms with E-state index in [2.05, 4.69) is 4.98 Å². The van der Waals surface area contributed by atoms with E-state index in [9.17, 15) is 4.79 Å². The van der Waals surface area contributed by atoms with Gasteiger partial charge in [0.25, 0.3) is 0 Å². The Morgan fingerprint density at radius 2 is 2.44 bits per heavy atom. The van der Waals surface area contributed by atoms with Crippen LogP contribution in [0.2, 0.25) is 0 Å². The lowest BCUT2D eigenvalue weighted by Crippen LogP contribution is -2.13. The second-order valence-electron chi connectivity index (χ2n) is 3.99. The molecule has 0 aliphatic carbocycles. The minimum absolute atomic E-state index is 0.0450. The van der Waals surface area contributed by atoms with Crippen LogP contribution in [-0.2, 0) is 9.53 Å². The Bertz CT molecular complexity index is 505. The normalized spacial score (nSPS) is 12.3.